The van der Waals surface area contributed by atoms with Gasteiger partial charge in [-0.25, -0.2) is 4.39 Å². The Balaban J connectivity index is 1.45. The number of benzene rings is 1. The number of aromatic nitrogens is 2. The van der Waals surface area contributed by atoms with Crippen LogP contribution in [-0.4, -0.2) is 41.0 Å². The van der Waals surface area contributed by atoms with Crippen molar-refractivity contribution in [1.82, 2.24) is 9.97 Å². The van der Waals surface area contributed by atoms with Gasteiger partial charge in [0, 0.05) is 29.7 Å². The number of phenolic OH excluding ortho intramolecular Hbond substituents is 1. The third-order valence-electron chi connectivity index (χ3n) is 7.95. The summed E-state index contributed by atoms with van der Waals surface area (Å²) in [4.78, 5) is 16.1. The van der Waals surface area contributed by atoms with Gasteiger partial charge < -0.3 is 14.7 Å². The fourth-order valence-corrected chi connectivity index (χ4v) is 5.64. The van der Waals surface area contributed by atoms with Crippen molar-refractivity contribution < 1.29 is 14.2 Å². The van der Waals surface area contributed by atoms with E-state index in [2.05, 4.69) is 28.7 Å². The van der Waals surface area contributed by atoms with Gasteiger partial charge in [-0.2, -0.15) is 9.97 Å². The van der Waals surface area contributed by atoms with Crippen LogP contribution in [0, 0.1) is 11.3 Å². The molecule has 0 bridgehead atoms. The SMILES string of the molecule is CCC1(COc2nc(CF)c(C=NCc3cc(O)cc(Cl)c3C3CC3)c(N3CCCC(C)C3)n2)CC1. The summed E-state index contributed by atoms with van der Waals surface area (Å²) in [5.41, 5.74) is 3.10. The molecule has 8 heteroatoms. The lowest BCUT2D eigenvalue weighted by Gasteiger charge is -2.33. The minimum Gasteiger partial charge on any atom is -0.508 e. The van der Waals surface area contributed by atoms with Gasteiger partial charge in [0.2, 0.25) is 0 Å². The van der Waals surface area contributed by atoms with E-state index in [1.165, 1.54) is 6.42 Å². The highest BCUT2D eigenvalue weighted by Crippen LogP contribution is 2.49. The Labute approximate surface area is 218 Å². The fraction of sp³-hybridized carbons (Fsp3) is 0.607. The molecule has 1 aromatic carbocycles. The summed E-state index contributed by atoms with van der Waals surface area (Å²) in [6, 6.07) is 3.58. The van der Waals surface area contributed by atoms with Crippen molar-refractivity contribution in [1.29, 1.82) is 0 Å². The number of anilines is 1. The van der Waals surface area contributed by atoms with Crippen LogP contribution in [0.25, 0.3) is 0 Å². The number of phenols is 1. The predicted octanol–water partition coefficient (Wildman–Crippen LogP) is 6.61. The fourth-order valence-electron chi connectivity index (χ4n) is 5.25. The monoisotopic (exact) mass is 514 g/mol. The lowest BCUT2D eigenvalue weighted by Crippen LogP contribution is -2.36. The maximum absolute atomic E-state index is 14.3. The smallest absolute Gasteiger partial charge is 0.318 e. The molecule has 0 radical (unpaired) electrons. The highest BCUT2D eigenvalue weighted by molar-refractivity contribution is 6.31. The molecule has 3 fully saturated rings. The van der Waals surface area contributed by atoms with Crippen molar-refractivity contribution in [2.45, 2.75) is 77.9 Å². The standard InChI is InChI=1S/C28H36ClFN4O2/c1-3-28(8-9-28)17-36-27-32-24(13-30)22(26(33-27)34-10-4-5-18(2)16-34)15-31-14-20-11-21(35)12-23(29)25(20)19-6-7-19/h11-12,15,18-19,35H,3-10,13-14,16-17H2,1-2H3. The number of aromatic hydroxyl groups is 1. The summed E-state index contributed by atoms with van der Waals surface area (Å²) in [5, 5.41) is 10.7. The molecule has 3 aliphatic rings. The van der Waals surface area contributed by atoms with Gasteiger partial charge in [0.1, 0.15) is 18.2 Å². The zero-order chi connectivity index (χ0) is 25.3. The number of hydrogen-bond donors (Lipinski definition) is 1. The van der Waals surface area contributed by atoms with Crippen LogP contribution in [0.3, 0.4) is 0 Å². The topological polar surface area (TPSA) is 70.8 Å². The number of piperidine rings is 1. The molecule has 2 aliphatic carbocycles. The maximum Gasteiger partial charge on any atom is 0.318 e. The van der Waals surface area contributed by atoms with Gasteiger partial charge in [-0.3, -0.25) is 4.99 Å². The number of alkyl halides is 1. The van der Waals surface area contributed by atoms with Crippen molar-refractivity contribution in [3.63, 3.8) is 0 Å². The van der Waals surface area contributed by atoms with Crippen LogP contribution in [0.5, 0.6) is 11.8 Å². The quantitative estimate of drug-likeness (QED) is 0.361. The van der Waals surface area contributed by atoms with Crippen LogP contribution in [0.2, 0.25) is 5.02 Å². The summed E-state index contributed by atoms with van der Waals surface area (Å²) >= 11 is 6.45. The highest BCUT2D eigenvalue weighted by atomic mass is 35.5. The molecule has 0 amide bonds. The summed E-state index contributed by atoms with van der Waals surface area (Å²) in [5.74, 6) is 1.78. The molecule has 2 heterocycles. The molecule has 194 valence electrons. The Morgan fingerprint density at radius 2 is 2.08 bits per heavy atom. The molecule has 1 atom stereocenters. The second-order valence-corrected chi connectivity index (χ2v) is 11.3. The van der Waals surface area contributed by atoms with Gasteiger partial charge in [-0.05, 0) is 80.0 Å². The average molecular weight is 515 g/mol. The van der Waals surface area contributed by atoms with Gasteiger partial charge in [0.05, 0.1) is 24.4 Å². The maximum atomic E-state index is 14.3. The van der Waals surface area contributed by atoms with Crippen molar-refractivity contribution in [3.8, 4) is 11.8 Å². The molecule has 1 saturated heterocycles. The molecule has 1 aromatic heterocycles. The van der Waals surface area contributed by atoms with Crippen LogP contribution in [-0.2, 0) is 13.2 Å². The van der Waals surface area contributed by atoms with Gasteiger partial charge in [-0.15, -0.1) is 0 Å². The summed E-state index contributed by atoms with van der Waals surface area (Å²) in [7, 11) is 0. The first-order valence-electron chi connectivity index (χ1n) is 13.3. The third kappa shape index (κ3) is 5.61. The number of ether oxygens (including phenoxy) is 1. The van der Waals surface area contributed by atoms with Crippen LogP contribution in [0.1, 0.15) is 87.1 Å². The number of hydrogen-bond acceptors (Lipinski definition) is 6. The van der Waals surface area contributed by atoms with Gasteiger partial charge in [0.15, 0.2) is 0 Å². The number of nitrogens with zero attached hydrogens (tertiary/aromatic N) is 4. The van der Waals surface area contributed by atoms with Crippen LogP contribution < -0.4 is 9.64 Å². The van der Waals surface area contributed by atoms with E-state index in [9.17, 15) is 9.50 Å². The highest BCUT2D eigenvalue weighted by Gasteiger charge is 2.42. The van der Waals surface area contributed by atoms with Crippen LogP contribution in [0.4, 0.5) is 10.2 Å². The Kier molecular flexibility index (Phi) is 7.38. The normalized spacial score (nSPS) is 21.2. The van der Waals surface area contributed by atoms with Gasteiger partial charge in [-0.1, -0.05) is 25.4 Å². The second kappa shape index (κ2) is 10.5. The Hall–Kier alpha value is -2.41. The van der Waals surface area contributed by atoms with Crippen LogP contribution in [0.15, 0.2) is 17.1 Å². The van der Waals surface area contributed by atoms with Crippen molar-refractivity contribution in [2.24, 2.45) is 16.3 Å². The number of aliphatic imine (C=N–C) groups is 1. The molecule has 1 aliphatic heterocycles. The minimum atomic E-state index is -0.721. The van der Waals surface area contributed by atoms with E-state index in [0.29, 0.717) is 47.1 Å². The molecule has 2 saturated carbocycles. The molecule has 5 rings (SSSR count). The third-order valence-corrected chi connectivity index (χ3v) is 8.26. The van der Waals surface area contributed by atoms with E-state index in [1.54, 1.807) is 18.3 Å². The second-order valence-electron chi connectivity index (χ2n) is 10.9. The lowest BCUT2D eigenvalue weighted by atomic mass is 10.00. The molecular formula is C28H36ClFN4O2. The van der Waals surface area contributed by atoms with E-state index >= 15 is 0 Å². The van der Waals surface area contributed by atoms with Crippen molar-refractivity contribution in [3.05, 3.63) is 39.5 Å². The average Bonchev–Trinajstić information content (AvgIpc) is 3.79. The minimum absolute atomic E-state index is 0.132. The first kappa shape index (κ1) is 25.2. The van der Waals surface area contributed by atoms with E-state index in [0.717, 1.165) is 62.7 Å². The Morgan fingerprint density at radius 3 is 2.75 bits per heavy atom. The Bertz CT molecular complexity index is 1130. The van der Waals surface area contributed by atoms with E-state index < -0.39 is 6.67 Å². The molecule has 2 aromatic rings. The number of rotatable bonds is 10. The van der Waals surface area contributed by atoms with Gasteiger partial charge in [0.25, 0.3) is 0 Å². The summed E-state index contributed by atoms with van der Waals surface area (Å²) in [6.45, 7) is 6.33. The predicted molar refractivity (Wildman–Crippen MR) is 141 cm³/mol. The van der Waals surface area contributed by atoms with E-state index in [4.69, 9.17) is 21.3 Å². The lowest BCUT2D eigenvalue weighted by molar-refractivity contribution is 0.212. The summed E-state index contributed by atoms with van der Waals surface area (Å²) < 4.78 is 20.3. The van der Waals surface area contributed by atoms with Gasteiger partial charge >= 0.3 is 6.01 Å². The largest absolute Gasteiger partial charge is 0.508 e. The van der Waals surface area contributed by atoms with E-state index in [1.807, 2.05) is 0 Å². The molecule has 6 nitrogen and oxygen atoms in total. The van der Waals surface area contributed by atoms with Crippen molar-refractivity contribution in [2.75, 3.05) is 24.6 Å². The molecule has 0 spiro atoms. The molecular weight excluding hydrogens is 479 g/mol. The first-order chi connectivity index (χ1) is 17.4. The zero-order valence-electron chi connectivity index (χ0n) is 21.3. The van der Waals surface area contributed by atoms with Crippen molar-refractivity contribution >= 4 is 23.6 Å². The first-order valence-corrected chi connectivity index (χ1v) is 13.6. The number of halogens is 2. The zero-order valence-corrected chi connectivity index (χ0v) is 22.0. The Morgan fingerprint density at radius 1 is 1.28 bits per heavy atom. The van der Waals surface area contributed by atoms with Crippen LogP contribution >= 0.6 is 11.6 Å². The summed E-state index contributed by atoms with van der Waals surface area (Å²) in [6.07, 6.45) is 9.49. The molecule has 1 N–H and O–H groups in total. The molecule has 1 unspecified atom stereocenters. The molecule has 36 heavy (non-hydrogen) atoms. The van der Waals surface area contributed by atoms with E-state index in [-0.39, 0.29) is 17.2 Å².